The average molecular weight is 412 g/mol. The van der Waals surface area contributed by atoms with E-state index in [0.717, 1.165) is 24.2 Å². The maximum absolute atomic E-state index is 13.1. The van der Waals surface area contributed by atoms with Gasteiger partial charge in [0, 0.05) is 53.8 Å². The van der Waals surface area contributed by atoms with Gasteiger partial charge in [-0.1, -0.05) is 11.6 Å². The molecule has 150 valence electrons. The van der Waals surface area contributed by atoms with Gasteiger partial charge in [0.25, 0.3) is 5.91 Å². The third-order valence-electron chi connectivity index (χ3n) is 5.47. The molecule has 2 aromatic heterocycles. The molecule has 2 fully saturated rings. The van der Waals surface area contributed by atoms with Crippen molar-refractivity contribution in [2.45, 2.75) is 31.7 Å². The second-order valence-corrected chi connectivity index (χ2v) is 8.15. The molecule has 1 saturated carbocycles. The first-order chi connectivity index (χ1) is 14.1. The molecule has 1 unspecified atom stereocenters. The Morgan fingerprint density at radius 2 is 2.14 bits per heavy atom. The maximum atomic E-state index is 13.1. The van der Waals surface area contributed by atoms with E-state index in [4.69, 9.17) is 11.6 Å². The number of fused-ring (bicyclic) bond motifs is 1. The van der Waals surface area contributed by atoms with E-state index in [1.54, 1.807) is 12.1 Å². The number of hydrogen-bond donors (Lipinski definition) is 3. The standard InChI is InChI=1S/C20H22ClN7O/c1-11-10-22-6-7-28(11)20(29)19-23-15-5-4-13(21)8-14(15)18(25-19)24-17-9-16(26-27-17)12-2-3-12/h4-5,8-9,11-12,22H,2-3,6-7,10H2,1H3,(H2,23,24,25,26,27). The van der Waals surface area contributed by atoms with Gasteiger partial charge in [0.2, 0.25) is 5.82 Å². The van der Waals surface area contributed by atoms with Crippen LogP contribution in [0.5, 0.6) is 0 Å². The Kier molecular flexibility index (Phi) is 4.60. The summed E-state index contributed by atoms with van der Waals surface area (Å²) in [5, 5.41) is 15.3. The van der Waals surface area contributed by atoms with Crippen molar-refractivity contribution in [2.75, 3.05) is 25.0 Å². The van der Waals surface area contributed by atoms with Gasteiger partial charge < -0.3 is 15.5 Å². The van der Waals surface area contributed by atoms with Gasteiger partial charge in [-0.3, -0.25) is 9.89 Å². The quantitative estimate of drug-likeness (QED) is 0.610. The molecule has 0 spiro atoms. The van der Waals surface area contributed by atoms with Crippen LogP contribution in [-0.2, 0) is 0 Å². The summed E-state index contributed by atoms with van der Waals surface area (Å²) in [6.45, 7) is 4.18. The second-order valence-electron chi connectivity index (χ2n) is 7.72. The Hall–Kier alpha value is -2.71. The lowest BCUT2D eigenvalue weighted by molar-refractivity contribution is 0.0643. The van der Waals surface area contributed by atoms with Crippen molar-refractivity contribution in [1.29, 1.82) is 0 Å². The highest BCUT2D eigenvalue weighted by Crippen LogP contribution is 2.39. The molecule has 3 N–H and O–H groups in total. The molecule has 29 heavy (non-hydrogen) atoms. The number of nitrogens with zero attached hydrogens (tertiary/aromatic N) is 4. The van der Waals surface area contributed by atoms with E-state index in [2.05, 4.69) is 30.8 Å². The van der Waals surface area contributed by atoms with E-state index in [1.165, 1.54) is 12.8 Å². The molecular weight excluding hydrogens is 390 g/mol. The highest BCUT2D eigenvalue weighted by Gasteiger charge is 2.28. The zero-order chi connectivity index (χ0) is 20.0. The molecule has 0 radical (unpaired) electrons. The van der Waals surface area contributed by atoms with Crippen LogP contribution in [0.15, 0.2) is 24.3 Å². The van der Waals surface area contributed by atoms with Crippen LogP contribution in [-0.4, -0.2) is 56.6 Å². The number of carbonyl (C=O) groups is 1. The summed E-state index contributed by atoms with van der Waals surface area (Å²) in [5.74, 6) is 1.77. The van der Waals surface area contributed by atoms with E-state index < -0.39 is 0 Å². The van der Waals surface area contributed by atoms with E-state index >= 15 is 0 Å². The van der Waals surface area contributed by atoms with Crippen molar-refractivity contribution in [1.82, 2.24) is 30.4 Å². The Morgan fingerprint density at radius 3 is 2.93 bits per heavy atom. The van der Waals surface area contributed by atoms with Crippen LogP contribution < -0.4 is 10.6 Å². The number of H-pyrrole nitrogens is 1. The fourth-order valence-electron chi connectivity index (χ4n) is 3.69. The molecule has 1 amide bonds. The molecule has 8 nitrogen and oxygen atoms in total. The molecule has 5 rings (SSSR count). The lowest BCUT2D eigenvalue weighted by Crippen LogP contribution is -2.52. The number of carbonyl (C=O) groups excluding carboxylic acids is 1. The lowest BCUT2D eigenvalue weighted by atomic mass is 10.2. The van der Waals surface area contributed by atoms with Crippen molar-refractivity contribution in [2.24, 2.45) is 0 Å². The zero-order valence-corrected chi connectivity index (χ0v) is 16.8. The van der Waals surface area contributed by atoms with Gasteiger partial charge in [-0.05, 0) is 38.0 Å². The molecule has 1 atom stereocenters. The summed E-state index contributed by atoms with van der Waals surface area (Å²) in [4.78, 5) is 24.0. The van der Waals surface area contributed by atoms with Crippen LogP contribution in [0.2, 0.25) is 5.02 Å². The van der Waals surface area contributed by atoms with E-state index in [-0.39, 0.29) is 17.8 Å². The minimum atomic E-state index is -0.167. The van der Waals surface area contributed by atoms with Crippen LogP contribution in [0.4, 0.5) is 11.6 Å². The number of nitrogens with one attached hydrogen (secondary N) is 3. The second kappa shape index (κ2) is 7.27. The van der Waals surface area contributed by atoms with Crippen molar-refractivity contribution in [3.63, 3.8) is 0 Å². The van der Waals surface area contributed by atoms with E-state index in [0.29, 0.717) is 34.6 Å². The largest absolute Gasteiger partial charge is 0.331 e. The molecule has 1 aliphatic carbocycles. The van der Waals surface area contributed by atoms with Crippen molar-refractivity contribution in [3.05, 3.63) is 40.8 Å². The highest BCUT2D eigenvalue weighted by atomic mass is 35.5. The van der Waals surface area contributed by atoms with Crippen LogP contribution in [0, 0.1) is 0 Å². The number of amides is 1. The third kappa shape index (κ3) is 3.65. The van der Waals surface area contributed by atoms with Gasteiger partial charge in [0.15, 0.2) is 5.82 Å². The summed E-state index contributed by atoms with van der Waals surface area (Å²) >= 11 is 6.20. The lowest BCUT2D eigenvalue weighted by Gasteiger charge is -2.33. The molecule has 3 aromatic rings. The van der Waals surface area contributed by atoms with Gasteiger partial charge in [-0.2, -0.15) is 5.10 Å². The first-order valence-electron chi connectivity index (χ1n) is 9.90. The Bertz CT molecular complexity index is 1080. The predicted octanol–water partition coefficient (Wildman–Crippen LogP) is 3.06. The minimum Gasteiger partial charge on any atom is -0.331 e. The monoisotopic (exact) mass is 411 g/mol. The summed E-state index contributed by atoms with van der Waals surface area (Å²) in [7, 11) is 0. The summed E-state index contributed by atoms with van der Waals surface area (Å²) in [5.41, 5.74) is 1.78. The Labute approximate surface area is 173 Å². The van der Waals surface area contributed by atoms with Gasteiger partial charge in [0.1, 0.15) is 5.82 Å². The molecular formula is C20H22ClN7O. The van der Waals surface area contributed by atoms with Crippen molar-refractivity contribution in [3.8, 4) is 0 Å². The number of anilines is 2. The fourth-order valence-corrected chi connectivity index (χ4v) is 3.86. The molecule has 1 aliphatic heterocycles. The first-order valence-corrected chi connectivity index (χ1v) is 10.3. The molecule has 2 aliphatic rings. The maximum Gasteiger partial charge on any atom is 0.292 e. The van der Waals surface area contributed by atoms with E-state index in [9.17, 15) is 4.79 Å². The number of aromatic nitrogens is 4. The normalized spacial score (nSPS) is 19.5. The number of rotatable bonds is 4. The van der Waals surface area contributed by atoms with Gasteiger partial charge >= 0.3 is 0 Å². The third-order valence-corrected chi connectivity index (χ3v) is 5.71. The number of benzene rings is 1. The Morgan fingerprint density at radius 1 is 1.28 bits per heavy atom. The summed E-state index contributed by atoms with van der Waals surface area (Å²) in [6.07, 6.45) is 2.38. The number of hydrogen-bond acceptors (Lipinski definition) is 6. The molecule has 9 heteroatoms. The van der Waals surface area contributed by atoms with Gasteiger partial charge in [0.05, 0.1) is 5.52 Å². The molecule has 1 aromatic carbocycles. The van der Waals surface area contributed by atoms with Gasteiger partial charge in [-0.25, -0.2) is 9.97 Å². The van der Waals surface area contributed by atoms with Gasteiger partial charge in [-0.15, -0.1) is 0 Å². The molecule has 1 saturated heterocycles. The zero-order valence-electron chi connectivity index (χ0n) is 16.1. The average Bonchev–Trinajstić information content (AvgIpc) is 3.47. The smallest absolute Gasteiger partial charge is 0.292 e. The fraction of sp³-hybridized carbons (Fsp3) is 0.400. The topological polar surface area (TPSA) is 98.8 Å². The number of piperazine rings is 1. The van der Waals surface area contributed by atoms with Crippen LogP contribution in [0.1, 0.15) is 42.0 Å². The number of aromatic amines is 1. The molecule has 3 heterocycles. The summed E-state index contributed by atoms with van der Waals surface area (Å²) in [6, 6.07) is 7.46. The van der Waals surface area contributed by atoms with Crippen LogP contribution in [0.25, 0.3) is 10.9 Å². The van der Waals surface area contributed by atoms with Crippen LogP contribution in [0.3, 0.4) is 0 Å². The predicted molar refractivity (Wildman–Crippen MR) is 112 cm³/mol. The number of halogens is 1. The first kappa shape index (κ1) is 18.3. The Balaban J connectivity index is 1.53. The minimum absolute atomic E-state index is 0.0876. The SMILES string of the molecule is CC1CNCCN1C(=O)c1nc(Nc2cc(C3CC3)[nH]n2)c2cc(Cl)ccc2n1. The van der Waals surface area contributed by atoms with Crippen molar-refractivity contribution >= 4 is 40.0 Å². The highest BCUT2D eigenvalue weighted by molar-refractivity contribution is 6.31. The van der Waals surface area contributed by atoms with E-state index in [1.807, 2.05) is 24.0 Å². The summed E-state index contributed by atoms with van der Waals surface area (Å²) < 4.78 is 0. The van der Waals surface area contributed by atoms with Crippen molar-refractivity contribution < 1.29 is 4.79 Å². The molecule has 0 bridgehead atoms. The van der Waals surface area contributed by atoms with Crippen LogP contribution >= 0.6 is 11.6 Å².